The molecule has 1 heterocycles. The van der Waals surface area contributed by atoms with Gasteiger partial charge in [-0.3, -0.25) is 9.59 Å². The zero-order valence-electron chi connectivity index (χ0n) is 16.2. The molecule has 1 aromatic rings. The van der Waals surface area contributed by atoms with Crippen LogP contribution in [0.25, 0.3) is 0 Å². The third-order valence-corrected chi connectivity index (χ3v) is 7.84. The lowest BCUT2D eigenvalue weighted by molar-refractivity contribution is -0.134. The molecule has 7 nitrogen and oxygen atoms in total. The first-order valence-corrected chi connectivity index (χ1v) is 11.5. The van der Waals surface area contributed by atoms with Crippen molar-refractivity contribution in [1.82, 2.24) is 14.1 Å². The normalized spacial score (nSPS) is 17.9. The largest absolute Gasteiger partial charge is 0.339 e. The second-order valence-electron chi connectivity index (χ2n) is 7.13. The van der Waals surface area contributed by atoms with Crippen LogP contribution in [0, 0.1) is 5.92 Å². The Labute approximate surface area is 171 Å². The fourth-order valence-electron chi connectivity index (χ4n) is 3.44. The van der Waals surface area contributed by atoms with Crippen molar-refractivity contribution in [1.29, 1.82) is 0 Å². The summed E-state index contributed by atoms with van der Waals surface area (Å²) in [6.45, 7) is 6.07. The van der Waals surface area contributed by atoms with E-state index in [1.54, 1.807) is 24.8 Å². The van der Waals surface area contributed by atoms with Gasteiger partial charge in [0.05, 0.1) is 5.02 Å². The Bertz CT molecular complexity index is 858. The van der Waals surface area contributed by atoms with Gasteiger partial charge in [-0.05, 0) is 31.0 Å². The summed E-state index contributed by atoms with van der Waals surface area (Å²) in [5.74, 6) is 0.115. The predicted octanol–water partition coefficient (Wildman–Crippen LogP) is 2.06. The third-order valence-electron chi connectivity index (χ3n) is 5.31. The molecule has 1 aliphatic heterocycles. The minimum atomic E-state index is -3.76. The number of amides is 2. The van der Waals surface area contributed by atoms with Crippen LogP contribution < -0.4 is 0 Å². The number of nitrogens with zero attached hydrogens (tertiary/aromatic N) is 3. The van der Waals surface area contributed by atoms with Gasteiger partial charge in [-0.25, -0.2) is 8.42 Å². The van der Waals surface area contributed by atoms with E-state index in [0.29, 0.717) is 39.3 Å². The van der Waals surface area contributed by atoms with Gasteiger partial charge in [0.25, 0.3) is 5.91 Å². The molecule has 0 radical (unpaired) electrons. The Morgan fingerprint density at radius 1 is 1.07 bits per heavy atom. The van der Waals surface area contributed by atoms with E-state index in [0.717, 1.165) is 12.8 Å². The molecule has 3 rings (SSSR count). The minimum Gasteiger partial charge on any atom is -0.339 e. The van der Waals surface area contributed by atoms with Crippen LogP contribution in [0.3, 0.4) is 0 Å². The van der Waals surface area contributed by atoms with Gasteiger partial charge in [-0.2, -0.15) is 4.31 Å². The first kappa shape index (κ1) is 21.1. The minimum absolute atomic E-state index is 0.0498. The molecule has 0 aromatic heterocycles. The summed E-state index contributed by atoms with van der Waals surface area (Å²) in [5, 5.41) is 0.100. The van der Waals surface area contributed by atoms with Crippen molar-refractivity contribution in [3.05, 3.63) is 28.8 Å². The first-order chi connectivity index (χ1) is 13.3. The maximum atomic E-state index is 12.9. The smallest absolute Gasteiger partial charge is 0.254 e. The van der Waals surface area contributed by atoms with Crippen LogP contribution in [0.15, 0.2) is 23.1 Å². The van der Waals surface area contributed by atoms with Crippen LogP contribution in [0.1, 0.15) is 37.0 Å². The van der Waals surface area contributed by atoms with Crippen LogP contribution in [-0.4, -0.2) is 73.6 Å². The maximum Gasteiger partial charge on any atom is 0.254 e. The molecule has 2 amide bonds. The Kier molecular flexibility index (Phi) is 6.31. The van der Waals surface area contributed by atoms with Gasteiger partial charge in [0.2, 0.25) is 15.9 Å². The lowest BCUT2D eigenvalue weighted by Crippen LogP contribution is -2.51. The van der Waals surface area contributed by atoms with E-state index in [1.165, 1.54) is 16.4 Å². The lowest BCUT2D eigenvalue weighted by atomic mass is 10.1. The highest BCUT2D eigenvalue weighted by Crippen LogP contribution is 2.31. The van der Waals surface area contributed by atoms with Crippen molar-refractivity contribution >= 4 is 33.4 Å². The SMILES string of the molecule is CCN(CC)S(=O)(=O)c1cc(C(=O)N2CCN(C(=O)C3CC3)CC2)ccc1Cl. The molecule has 1 saturated carbocycles. The maximum absolute atomic E-state index is 12.9. The van der Waals surface area contributed by atoms with Crippen molar-refractivity contribution in [3.8, 4) is 0 Å². The monoisotopic (exact) mass is 427 g/mol. The number of carbonyl (C=O) groups excluding carboxylic acids is 2. The number of sulfonamides is 1. The topological polar surface area (TPSA) is 78.0 Å². The molecule has 0 atom stereocenters. The second-order valence-corrected chi connectivity index (χ2v) is 9.44. The molecule has 0 bridgehead atoms. The van der Waals surface area contributed by atoms with Crippen LogP contribution in [0.5, 0.6) is 0 Å². The highest BCUT2D eigenvalue weighted by molar-refractivity contribution is 7.89. The summed E-state index contributed by atoms with van der Waals surface area (Å²) in [7, 11) is -3.76. The molecular weight excluding hydrogens is 402 g/mol. The highest BCUT2D eigenvalue weighted by Gasteiger charge is 2.35. The molecule has 1 aliphatic carbocycles. The Morgan fingerprint density at radius 3 is 2.18 bits per heavy atom. The zero-order valence-corrected chi connectivity index (χ0v) is 17.8. The quantitative estimate of drug-likeness (QED) is 0.696. The molecular formula is C19H26ClN3O4S. The molecule has 28 heavy (non-hydrogen) atoms. The number of carbonyl (C=O) groups is 2. The number of benzene rings is 1. The van der Waals surface area contributed by atoms with Gasteiger partial charge < -0.3 is 9.80 Å². The van der Waals surface area contributed by atoms with E-state index in [1.807, 2.05) is 4.90 Å². The third kappa shape index (κ3) is 4.18. The molecule has 9 heteroatoms. The van der Waals surface area contributed by atoms with Gasteiger partial charge in [0, 0.05) is 50.7 Å². The van der Waals surface area contributed by atoms with Crippen LogP contribution in [0.2, 0.25) is 5.02 Å². The van der Waals surface area contributed by atoms with E-state index in [-0.39, 0.29) is 33.2 Å². The van der Waals surface area contributed by atoms with Gasteiger partial charge in [0.1, 0.15) is 4.90 Å². The Morgan fingerprint density at radius 2 is 1.64 bits per heavy atom. The van der Waals surface area contributed by atoms with Crippen LogP contribution >= 0.6 is 11.6 Å². The lowest BCUT2D eigenvalue weighted by Gasteiger charge is -2.35. The van der Waals surface area contributed by atoms with Crippen molar-refractivity contribution in [2.45, 2.75) is 31.6 Å². The van der Waals surface area contributed by atoms with Gasteiger partial charge >= 0.3 is 0 Å². The van der Waals surface area contributed by atoms with E-state index >= 15 is 0 Å². The average molecular weight is 428 g/mol. The summed E-state index contributed by atoms with van der Waals surface area (Å²) in [4.78, 5) is 28.5. The first-order valence-electron chi connectivity index (χ1n) is 9.67. The van der Waals surface area contributed by atoms with Gasteiger partial charge in [-0.15, -0.1) is 0 Å². The highest BCUT2D eigenvalue weighted by atomic mass is 35.5. The van der Waals surface area contributed by atoms with Crippen LogP contribution in [-0.2, 0) is 14.8 Å². The predicted molar refractivity (Wildman–Crippen MR) is 107 cm³/mol. The van der Waals surface area contributed by atoms with Crippen molar-refractivity contribution in [2.75, 3.05) is 39.3 Å². The standard InChI is InChI=1S/C19H26ClN3O4S/c1-3-23(4-2)28(26,27)17-13-15(7-8-16(17)20)19(25)22-11-9-21(10-12-22)18(24)14-5-6-14/h7-8,13-14H,3-6,9-12H2,1-2H3. The van der Waals surface area contributed by atoms with E-state index in [4.69, 9.17) is 11.6 Å². The summed E-state index contributed by atoms with van der Waals surface area (Å²) in [6.07, 6.45) is 1.93. The van der Waals surface area contributed by atoms with Gasteiger partial charge in [0.15, 0.2) is 0 Å². The Hall–Kier alpha value is -1.64. The molecule has 2 aliphatic rings. The average Bonchev–Trinajstić information content (AvgIpc) is 3.53. The molecule has 0 N–H and O–H groups in total. The number of hydrogen-bond donors (Lipinski definition) is 0. The molecule has 0 unspecified atom stereocenters. The summed E-state index contributed by atoms with van der Waals surface area (Å²) in [6, 6.07) is 4.37. The van der Waals surface area contributed by atoms with E-state index in [2.05, 4.69) is 0 Å². The van der Waals surface area contributed by atoms with E-state index < -0.39 is 10.0 Å². The number of halogens is 1. The second kappa shape index (κ2) is 8.39. The number of hydrogen-bond acceptors (Lipinski definition) is 4. The zero-order chi connectivity index (χ0) is 20.5. The molecule has 0 spiro atoms. The molecule has 1 saturated heterocycles. The Balaban J connectivity index is 1.75. The van der Waals surface area contributed by atoms with Crippen molar-refractivity contribution in [3.63, 3.8) is 0 Å². The summed E-state index contributed by atoms with van der Waals surface area (Å²) >= 11 is 6.14. The van der Waals surface area contributed by atoms with Crippen molar-refractivity contribution in [2.24, 2.45) is 5.92 Å². The summed E-state index contributed by atoms with van der Waals surface area (Å²) in [5.41, 5.74) is 0.289. The fraction of sp³-hybridized carbons (Fsp3) is 0.579. The van der Waals surface area contributed by atoms with Gasteiger partial charge in [-0.1, -0.05) is 25.4 Å². The number of piperazine rings is 1. The van der Waals surface area contributed by atoms with E-state index in [9.17, 15) is 18.0 Å². The number of rotatable bonds is 6. The fourth-order valence-corrected chi connectivity index (χ4v) is 5.40. The molecule has 1 aromatic carbocycles. The molecule has 2 fully saturated rings. The summed E-state index contributed by atoms with van der Waals surface area (Å²) < 4.78 is 27.0. The van der Waals surface area contributed by atoms with Crippen molar-refractivity contribution < 1.29 is 18.0 Å². The molecule has 154 valence electrons. The van der Waals surface area contributed by atoms with Crippen LogP contribution in [0.4, 0.5) is 0 Å².